The van der Waals surface area contributed by atoms with Gasteiger partial charge in [0.2, 0.25) is 0 Å². The SMILES string of the molecule is CCCCc1ccc(C(C)c2ccc3c(c2)Cc2ccccc2S3)cc1. The topological polar surface area (TPSA) is 0 Å². The molecule has 0 saturated heterocycles. The lowest BCUT2D eigenvalue weighted by molar-refractivity contribution is 0.794. The monoisotopic (exact) mass is 358 g/mol. The van der Waals surface area contributed by atoms with E-state index in [1.54, 1.807) is 0 Å². The molecule has 0 bridgehead atoms. The first-order chi connectivity index (χ1) is 12.7. The number of hydrogen-bond donors (Lipinski definition) is 0. The standard InChI is InChI=1S/C25H26S/c1-3-4-7-19-10-12-20(13-11-19)18(2)21-14-15-25-23(16-21)17-22-8-5-6-9-24(22)26-25/h5-6,8-16,18H,3-4,7,17H2,1-2H3. The third kappa shape index (κ3) is 3.59. The fourth-order valence-corrected chi connectivity index (χ4v) is 4.78. The Morgan fingerprint density at radius 2 is 1.58 bits per heavy atom. The normalized spacial score (nSPS) is 13.8. The first kappa shape index (κ1) is 17.4. The fraction of sp³-hybridized carbons (Fsp3) is 0.280. The van der Waals surface area contributed by atoms with Crippen LogP contribution in [-0.4, -0.2) is 0 Å². The predicted molar refractivity (Wildman–Crippen MR) is 112 cm³/mol. The maximum Gasteiger partial charge on any atom is 0.0158 e. The van der Waals surface area contributed by atoms with E-state index < -0.39 is 0 Å². The Balaban J connectivity index is 1.55. The second-order valence-corrected chi connectivity index (χ2v) is 8.40. The molecule has 0 N–H and O–H groups in total. The minimum atomic E-state index is 0.433. The molecule has 1 heterocycles. The third-order valence-electron chi connectivity index (χ3n) is 5.46. The van der Waals surface area contributed by atoms with Gasteiger partial charge in [-0.2, -0.15) is 0 Å². The zero-order valence-corrected chi connectivity index (χ0v) is 16.5. The van der Waals surface area contributed by atoms with Gasteiger partial charge in [0.05, 0.1) is 0 Å². The molecular weight excluding hydrogens is 332 g/mol. The first-order valence-electron chi connectivity index (χ1n) is 9.72. The second kappa shape index (κ2) is 7.72. The van der Waals surface area contributed by atoms with E-state index in [4.69, 9.17) is 0 Å². The van der Waals surface area contributed by atoms with Crippen LogP contribution in [0.3, 0.4) is 0 Å². The van der Waals surface area contributed by atoms with Crippen molar-refractivity contribution in [3.8, 4) is 0 Å². The molecule has 0 radical (unpaired) electrons. The summed E-state index contributed by atoms with van der Waals surface area (Å²) in [6.45, 7) is 4.58. The van der Waals surface area contributed by atoms with Crippen molar-refractivity contribution in [1.82, 2.24) is 0 Å². The summed E-state index contributed by atoms with van der Waals surface area (Å²) in [5, 5.41) is 0. The van der Waals surface area contributed by atoms with Gasteiger partial charge in [-0.3, -0.25) is 0 Å². The minimum absolute atomic E-state index is 0.433. The van der Waals surface area contributed by atoms with Crippen molar-refractivity contribution >= 4 is 11.8 Å². The van der Waals surface area contributed by atoms with Crippen molar-refractivity contribution in [2.75, 3.05) is 0 Å². The van der Waals surface area contributed by atoms with Gasteiger partial charge in [-0.1, -0.05) is 86.6 Å². The number of aryl methyl sites for hydroxylation is 1. The summed E-state index contributed by atoms with van der Waals surface area (Å²) in [7, 11) is 0. The van der Waals surface area contributed by atoms with Crippen LogP contribution >= 0.6 is 11.8 Å². The summed E-state index contributed by atoms with van der Waals surface area (Å²) in [4.78, 5) is 2.82. The van der Waals surface area contributed by atoms with Crippen LogP contribution in [0.5, 0.6) is 0 Å². The van der Waals surface area contributed by atoms with E-state index in [0.717, 1.165) is 6.42 Å². The van der Waals surface area contributed by atoms with Gasteiger partial charge in [0, 0.05) is 15.7 Å². The Morgan fingerprint density at radius 1 is 0.846 bits per heavy atom. The molecule has 0 fully saturated rings. The summed E-state index contributed by atoms with van der Waals surface area (Å²) < 4.78 is 0. The van der Waals surface area contributed by atoms with Gasteiger partial charge >= 0.3 is 0 Å². The molecule has 0 saturated carbocycles. The Kier molecular flexibility index (Phi) is 5.17. The van der Waals surface area contributed by atoms with Gasteiger partial charge in [-0.25, -0.2) is 0 Å². The highest BCUT2D eigenvalue weighted by Crippen LogP contribution is 2.40. The van der Waals surface area contributed by atoms with Crippen LogP contribution in [0.2, 0.25) is 0 Å². The highest BCUT2D eigenvalue weighted by atomic mass is 32.2. The van der Waals surface area contributed by atoms with Crippen molar-refractivity contribution in [2.45, 2.75) is 55.2 Å². The van der Waals surface area contributed by atoms with Crippen LogP contribution in [0.25, 0.3) is 0 Å². The predicted octanol–water partition coefficient (Wildman–Crippen LogP) is 7.24. The highest BCUT2D eigenvalue weighted by Gasteiger charge is 2.17. The van der Waals surface area contributed by atoms with E-state index >= 15 is 0 Å². The lowest BCUT2D eigenvalue weighted by atomic mass is 9.90. The number of benzene rings is 3. The molecule has 0 amide bonds. The van der Waals surface area contributed by atoms with Crippen LogP contribution in [-0.2, 0) is 12.8 Å². The molecule has 3 aromatic rings. The van der Waals surface area contributed by atoms with Gasteiger partial charge in [0.25, 0.3) is 0 Å². The van der Waals surface area contributed by atoms with Crippen molar-refractivity contribution in [3.05, 3.63) is 94.5 Å². The van der Waals surface area contributed by atoms with Crippen LogP contribution in [0.15, 0.2) is 76.5 Å². The van der Waals surface area contributed by atoms with E-state index in [1.165, 1.54) is 56.9 Å². The molecular formula is C25H26S. The molecule has 1 aliphatic rings. The van der Waals surface area contributed by atoms with E-state index in [1.807, 2.05) is 11.8 Å². The van der Waals surface area contributed by atoms with Crippen molar-refractivity contribution in [2.24, 2.45) is 0 Å². The average Bonchev–Trinajstić information content (AvgIpc) is 2.70. The molecule has 1 atom stereocenters. The molecule has 0 aromatic heterocycles. The van der Waals surface area contributed by atoms with Gasteiger partial charge in [-0.15, -0.1) is 0 Å². The minimum Gasteiger partial charge on any atom is -0.0895 e. The Morgan fingerprint density at radius 3 is 2.38 bits per heavy atom. The molecule has 0 aliphatic carbocycles. The smallest absolute Gasteiger partial charge is 0.0158 e. The summed E-state index contributed by atoms with van der Waals surface area (Å²) in [6.07, 6.45) is 4.78. The third-order valence-corrected chi connectivity index (χ3v) is 6.69. The average molecular weight is 359 g/mol. The highest BCUT2D eigenvalue weighted by molar-refractivity contribution is 7.99. The molecule has 132 valence electrons. The van der Waals surface area contributed by atoms with Gasteiger partial charge in [-0.05, 0) is 59.2 Å². The maximum atomic E-state index is 2.42. The number of fused-ring (bicyclic) bond motifs is 2. The Hall–Kier alpha value is -1.99. The molecule has 26 heavy (non-hydrogen) atoms. The van der Waals surface area contributed by atoms with E-state index in [-0.39, 0.29) is 0 Å². The Bertz CT molecular complexity index is 892. The second-order valence-electron chi connectivity index (χ2n) is 7.32. The maximum absolute atomic E-state index is 2.42. The van der Waals surface area contributed by atoms with E-state index in [0.29, 0.717) is 5.92 Å². The summed E-state index contributed by atoms with van der Waals surface area (Å²) >= 11 is 1.91. The fourth-order valence-electron chi connectivity index (χ4n) is 3.73. The number of hydrogen-bond acceptors (Lipinski definition) is 1. The lowest BCUT2D eigenvalue weighted by Crippen LogP contribution is -2.03. The van der Waals surface area contributed by atoms with Crippen LogP contribution in [0.4, 0.5) is 0 Å². The van der Waals surface area contributed by atoms with E-state index in [9.17, 15) is 0 Å². The van der Waals surface area contributed by atoms with Gasteiger partial charge < -0.3 is 0 Å². The summed E-state index contributed by atoms with van der Waals surface area (Å²) in [5.74, 6) is 0.433. The van der Waals surface area contributed by atoms with Crippen molar-refractivity contribution < 1.29 is 0 Å². The van der Waals surface area contributed by atoms with Gasteiger partial charge in [0.1, 0.15) is 0 Å². The van der Waals surface area contributed by atoms with Crippen LogP contribution < -0.4 is 0 Å². The Labute approximate surface area is 161 Å². The zero-order valence-electron chi connectivity index (χ0n) is 15.7. The molecule has 4 rings (SSSR count). The molecule has 0 spiro atoms. The van der Waals surface area contributed by atoms with Crippen LogP contribution in [0, 0.1) is 0 Å². The quantitative estimate of drug-likeness (QED) is 0.362. The largest absolute Gasteiger partial charge is 0.0895 e. The first-order valence-corrected chi connectivity index (χ1v) is 10.5. The summed E-state index contributed by atoms with van der Waals surface area (Å²) in [6, 6.07) is 25.1. The molecule has 1 unspecified atom stereocenters. The van der Waals surface area contributed by atoms with Gasteiger partial charge in [0.15, 0.2) is 0 Å². The number of rotatable bonds is 5. The molecule has 3 aromatic carbocycles. The van der Waals surface area contributed by atoms with E-state index in [2.05, 4.69) is 80.6 Å². The lowest BCUT2D eigenvalue weighted by Gasteiger charge is -2.21. The number of unbranched alkanes of at least 4 members (excludes halogenated alkanes) is 1. The zero-order chi connectivity index (χ0) is 17.9. The molecule has 1 aliphatic heterocycles. The van der Waals surface area contributed by atoms with Crippen LogP contribution in [0.1, 0.15) is 60.4 Å². The van der Waals surface area contributed by atoms with Crippen molar-refractivity contribution in [3.63, 3.8) is 0 Å². The van der Waals surface area contributed by atoms with Crippen molar-refractivity contribution in [1.29, 1.82) is 0 Å². The molecule has 1 heteroatoms. The summed E-state index contributed by atoms with van der Waals surface area (Å²) in [5.41, 5.74) is 7.22. The molecule has 0 nitrogen and oxygen atoms in total.